The summed E-state index contributed by atoms with van der Waals surface area (Å²) >= 11 is 3.63. The molecule has 0 fully saturated rings. The lowest BCUT2D eigenvalue weighted by Crippen LogP contribution is -1.93. The second-order valence-corrected chi connectivity index (χ2v) is 6.78. The normalized spacial score (nSPS) is 10.4. The van der Waals surface area contributed by atoms with Crippen molar-refractivity contribution in [2.24, 2.45) is 0 Å². The summed E-state index contributed by atoms with van der Waals surface area (Å²) in [6, 6.07) is 17.8. The molecule has 3 rings (SSSR count). The first-order valence-corrected chi connectivity index (χ1v) is 9.14. The third-order valence-electron chi connectivity index (χ3n) is 4.34. The molecular formula is C22H21BrO4. The maximum atomic E-state index is 5.57. The lowest BCUT2D eigenvalue weighted by Gasteiger charge is -2.14. The molecule has 0 aliphatic heterocycles. The van der Waals surface area contributed by atoms with E-state index in [9.17, 15) is 0 Å². The van der Waals surface area contributed by atoms with E-state index in [4.69, 9.17) is 18.9 Å². The van der Waals surface area contributed by atoms with Crippen LogP contribution in [0.1, 0.15) is 0 Å². The zero-order valence-corrected chi connectivity index (χ0v) is 17.3. The highest BCUT2D eigenvalue weighted by atomic mass is 79.9. The third kappa shape index (κ3) is 4.03. The predicted octanol–water partition coefficient (Wildman–Crippen LogP) is 5.82. The van der Waals surface area contributed by atoms with Gasteiger partial charge in [-0.05, 0) is 53.6 Å². The third-order valence-corrected chi connectivity index (χ3v) is 4.80. The molecule has 0 bridgehead atoms. The van der Waals surface area contributed by atoms with Crippen LogP contribution in [0, 0.1) is 0 Å². The van der Waals surface area contributed by atoms with E-state index in [1.54, 1.807) is 28.4 Å². The van der Waals surface area contributed by atoms with Crippen molar-refractivity contribution in [2.75, 3.05) is 28.4 Å². The van der Waals surface area contributed by atoms with Crippen molar-refractivity contribution in [2.45, 2.75) is 0 Å². The molecule has 0 saturated carbocycles. The molecule has 0 aliphatic carbocycles. The molecule has 3 aromatic carbocycles. The maximum Gasteiger partial charge on any atom is 0.130 e. The fourth-order valence-corrected chi connectivity index (χ4v) is 3.47. The van der Waals surface area contributed by atoms with E-state index < -0.39 is 0 Å². The van der Waals surface area contributed by atoms with Crippen LogP contribution in [0.5, 0.6) is 23.0 Å². The molecule has 0 heterocycles. The molecule has 140 valence electrons. The Labute approximate surface area is 167 Å². The summed E-state index contributed by atoms with van der Waals surface area (Å²) < 4.78 is 22.7. The molecular weight excluding hydrogens is 408 g/mol. The minimum absolute atomic E-state index is 0.750. The van der Waals surface area contributed by atoms with Gasteiger partial charge in [0.2, 0.25) is 0 Å². The van der Waals surface area contributed by atoms with Crippen LogP contribution < -0.4 is 18.9 Å². The minimum Gasteiger partial charge on any atom is -0.497 e. The van der Waals surface area contributed by atoms with E-state index in [-0.39, 0.29) is 0 Å². The van der Waals surface area contributed by atoms with Gasteiger partial charge in [-0.3, -0.25) is 0 Å². The minimum atomic E-state index is 0.750. The molecule has 0 aromatic heterocycles. The first-order valence-electron chi connectivity index (χ1n) is 8.35. The second-order valence-electron chi connectivity index (χ2n) is 5.86. The van der Waals surface area contributed by atoms with Gasteiger partial charge in [-0.2, -0.15) is 0 Å². The van der Waals surface area contributed by atoms with Gasteiger partial charge >= 0.3 is 0 Å². The molecule has 0 radical (unpaired) electrons. The van der Waals surface area contributed by atoms with Gasteiger partial charge in [-0.25, -0.2) is 0 Å². The van der Waals surface area contributed by atoms with Crippen molar-refractivity contribution in [1.82, 2.24) is 0 Å². The average Bonchev–Trinajstić information content (AvgIpc) is 2.72. The highest BCUT2D eigenvalue weighted by Crippen LogP contribution is 2.40. The first kappa shape index (κ1) is 19.1. The van der Waals surface area contributed by atoms with Crippen molar-refractivity contribution in [3.63, 3.8) is 0 Å². The number of rotatable bonds is 6. The van der Waals surface area contributed by atoms with Crippen LogP contribution in [0.2, 0.25) is 0 Å². The molecule has 0 N–H and O–H groups in total. The summed E-state index contributed by atoms with van der Waals surface area (Å²) in [6.07, 6.45) is 0. The van der Waals surface area contributed by atoms with E-state index in [0.29, 0.717) is 0 Å². The Morgan fingerprint density at radius 2 is 1.00 bits per heavy atom. The fraction of sp³-hybridized carbons (Fsp3) is 0.182. The highest BCUT2D eigenvalue weighted by Gasteiger charge is 2.13. The van der Waals surface area contributed by atoms with Crippen LogP contribution in [0.15, 0.2) is 59.1 Å². The van der Waals surface area contributed by atoms with Gasteiger partial charge in [-0.1, -0.05) is 15.9 Å². The van der Waals surface area contributed by atoms with Crippen molar-refractivity contribution < 1.29 is 18.9 Å². The largest absolute Gasteiger partial charge is 0.497 e. The Morgan fingerprint density at radius 3 is 1.37 bits per heavy atom. The molecule has 0 amide bonds. The van der Waals surface area contributed by atoms with Crippen molar-refractivity contribution >= 4 is 15.9 Å². The van der Waals surface area contributed by atoms with Crippen LogP contribution >= 0.6 is 15.9 Å². The molecule has 27 heavy (non-hydrogen) atoms. The number of methoxy groups -OCH3 is 4. The number of hydrogen-bond acceptors (Lipinski definition) is 4. The SMILES string of the molecule is COc1ccc(-c2cc(Br)cc(-c3ccc(OC)cc3OC)c2)c(OC)c1. The highest BCUT2D eigenvalue weighted by molar-refractivity contribution is 9.10. The Bertz CT molecular complexity index is 879. The maximum absolute atomic E-state index is 5.57. The van der Waals surface area contributed by atoms with Gasteiger partial charge in [0.05, 0.1) is 28.4 Å². The molecule has 0 aliphatic rings. The van der Waals surface area contributed by atoms with Crippen LogP contribution in [0.25, 0.3) is 22.3 Å². The van der Waals surface area contributed by atoms with E-state index in [0.717, 1.165) is 49.7 Å². The Morgan fingerprint density at radius 1 is 0.556 bits per heavy atom. The zero-order valence-electron chi connectivity index (χ0n) is 15.7. The van der Waals surface area contributed by atoms with Gasteiger partial charge in [0, 0.05) is 27.7 Å². The summed E-state index contributed by atoms with van der Waals surface area (Å²) in [5, 5.41) is 0. The van der Waals surface area contributed by atoms with E-state index in [2.05, 4.69) is 34.1 Å². The number of ether oxygens (including phenoxy) is 4. The van der Waals surface area contributed by atoms with E-state index >= 15 is 0 Å². The average molecular weight is 429 g/mol. The van der Waals surface area contributed by atoms with Gasteiger partial charge in [0.15, 0.2) is 0 Å². The van der Waals surface area contributed by atoms with E-state index in [1.807, 2.05) is 36.4 Å². The first-order chi connectivity index (χ1) is 13.1. The van der Waals surface area contributed by atoms with Crippen LogP contribution in [0.4, 0.5) is 0 Å². The van der Waals surface area contributed by atoms with E-state index in [1.165, 1.54) is 0 Å². The van der Waals surface area contributed by atoms with Crippen molar-refractivity contribution in [1.29, 1.82) is 0 Å². The smallest absolute Gasteiger partial charge is 0.130 e. The quantitative estimate of drug-likeness (QED) is 0.495. The lowest BCUT2D eigenvalue weighted by molar-refractivity contribution is 0.395. The Hall–Kier alpha value is -2.66. The summed E-state index contributed by atoms with van der Waals surface area (Å²) in [5.74, 6) is 3.01. The standard InChI is InChI=1S/C22H21BrO4/c1-24-17-5-7-19(21(12-17)26-3)14-9-15(11-16(23)10-14)20-8-6-18(25-2)13-22(20)27-4/h5-13H,1-4H3. The van der Waals surface area contributed by atoms with Gasteiger partial charge in [0.25, 0.3) is 0 Å². The molecule has 5 heteroatoms. The van der Waals surface area contributed by atoms with Crippen molar-refractivity contribution in [3.8, 4) is 45.3 Å². The van der Waals surface area contributed by atoms with Gasteiger partial charge < -0.3 is 18.9 Å². The van der Waals surface area contributed by atoms with Gasteiger partial charge in [-0.15, -0.1) is 0 Å². The molecule has 0 spiro atoms. The second kappa shape index (κ2) is 8.35. The monoisotopic (exact) mass is 428 g/mol. The zero-order chi connectivity index (χ0) is 19.4. The lowest BCUT2D eigenvalue weighted by atomic mass is 9.97. The predicted molar refractivity (Wildman–Crippen MR) is 111 cm³/mol. The molecule has 0 unspecified atom stereocenters. The van der Waals surface area contributed by atoms with Crippen LogP contribution in [-0.2, 0) is 0 Å². The number of benzene rings is 3. The summed E-state index contributed by atoms with van der Waals surface area (Å²) in [7, 11) is 6.59. The van der Waals surface area contributed by atoms with Crippen LogP contribution in [-0.4, -0.2) is 28.4 Å². The summed E-state index contributed by atoms with van der Waals surface area (Å²) in [4.78, 5) is 0. The molecule has 0 saturated heterocycles. The Kier molecular flexibility index (Phi) is 5.91. The Balaban J connectivity index is 2.14. The number of hydrogen-bond donors (Lipinski definition) is 0. The molecule has 0 atom stereocenters. The topological polar surface area (TPSA) is 36.9 Å². The fourth-order valence-electron chi connectivity index (χ4n) is 2.97. The molecule has 3 aromatic rings. The number of halogens is 1. The van der Waals surface area contributed by atoms with Crippen LogP contribution in [0.3, 0.4) is 0 Å². The summed E-state index contributed by atoms with van der Waals surface area (Å²) in [5.41, 5.74) is 4.01. The summed E-state index contributed by atoms with van der Waals surface area (Å²) in [6.45, 7) is 0. The molecule has 4 nitrogen and oxygen atoms in total. The van der Waals surface area contributed by atoms with Crippen molar-refractivity contribution in [3.05, 3.63) is 59.1 Å². The van der Waals surface area contributed by atoms with Gasteiger partial charge in [0.1, 0.15) is 23.0 Å².